The van der Waals surface area contributed by atoms with Gasteiger partial charge in [-0.25, -0.2) is 4.98 Å². The molecule has 29 heavy (non-hydrogen) atoms. The highest BCUT2D eigenvalue weighted by atomic mass is 32.2. The summed E-state index contributed by atoms with van der Waals surface area (Å²) in [6, 6.07) is 14.5. The minimum Gasteiger partial charge on any atom is -0.497 e. The van der Waals surface area contributed by atoms with E-state index in [-0.39, 0.29) is 22.6 Å². The van der Waals surface area contributed by atoms with Crippen molar-refractivity contribution in [2.75, 3.05) is 21.2 Å². The Morgan fingerprint density at radius 2 is 1.86 bits per heavy atom. The van der Waals surface area contributed by atoms with Gasteiger partial charge in [-0.1, -0.05) is 43.8 Å². The molecular weight excluding hydrogens is 386 g/mol. The van der Waals surface area contributed by atoms with Crippen molar-refractivity contribution in [2.45, 2.75) is 24.3 Å². The van der Waals surface area contributed by atoms with Gasteiger partial charge in [0, 0.05) is 20.2 Å². The molecule has 2 aromatic carbocycles. The van der Waals surface area contributed by atoms with E-state index >= 15 is 0 Å². The minimum absolute atomic E-state index is 0.00963. The smallest absolute Gasteiger partial charge is 0.266 e. The molecule has 0 bridgehead atoms. The Labute approximate surface area is 174 Å². The first-order valence-corrected chi connectivity index (χ1v) is 10.3. The number of amides is 1. The van der Waals surface area contributed by atoms with Crippen LogP contribution in [0.4, 0.5) is 0 Å². The number of ether oxygens (including phenoxy) is 1. The molecule has 1 amide bonds. The van der Waals surface area contributed by atoms with E-state index in [1.54, 1.807) is 42.8 Å². The number of hydrogen-bond acceptors (Lipinski definition) is 5. The summed E-state index contributed by atoms with van der Waals surface area (Å²) in [5.74, 6) is 0.699. The van der Waals surface area contributed by atoms with Crippen LogP contribution in [0.1, 0.15) is 13.8 Å². The van der Waals surface area contributed by atoms with Crippen molar-refractivity contribution in [1.82, 2.24) is 14.5 Å². The molecule has 0 radical (unpaired) electrons. The lowest BCUT2D eigenvalue weighted by Crippen LogP contribution is -2.35. The van der Waals surface area contributed by atoms with Gasteiger partial charge in [0.15, 0.2) is 5.16 Å². The highest BCUT2D eigenvalue weighted by Crippen LogP contribution is 2.30. The lowest BCUT2D eigenvalue weighted by Gasteiger charge is -2.24. The summed E-state index contributed by atoms with van der Waals surface area (Å²) in [6.45, 7) is 3.99. The second-order valence-electron chi connectivity index (χ2n) is 7.27. The average molecular weight is 412 g/mol. The van der Waals surface area contributed by atoms with E-state index in [9.17, 15) is 9.59 Å². The fourth-order valence-electron chi connectivity index (χ4n) is 3.01. The first-order valence-electron chi connectivity index (χ1n) is 9.37. The summed E-state index contributed by atoms with van der Waals surface area (Å²) in [7, 11) is 5.06. The quantitative estimate of drug-likeness (QED) is 0.458. The lowest BCUT2D eigenvalue weighted by molar-refractivity contribution is -0.128. The fourth-order valence-corrected chi connectivity index (χ4v) is 4.26. The molecule has 0 N–H and O–H groups in total. The Morgan fingerprint density at radius 1 is 1.14 bits per heavy atom. The molecule has 1 unspecified atom stereocenters. The molecule has 0 fully saturated rings. The van der Waals surface area contributed by atoms with Gasteiger partial charge in [-0.3, -0.25) is 14.2 Å². The van der Waals surface area contributed by atoms with Gasteiger partial charge in [0.25, 0.3) is 5.56 Å². The summed E-state index contributed by atoms with van der Waals surface area (Å²) >= 11 is 1.32. The number of fused-ring (bicyclic) bond motifs is 1. The maximum atomic E-state index is 13.4. The highest BCUT2D eigenvalue weighted by Gasteiger charge is 2.28. The molecule has 152 valence electrons. The Bertz CT molecular complexity index is 1090. The Balaban J connectivity index is 2.24. The standard InChI is InChI=1S/C22H25N3O3S/c1-14(2)19(21(27)24(3)4)29-22-23-18-12-7-6-11-17(18)20(26)25(22)15-9-8-10-16(13-15)28-5/h6-14,19H,1-5H3. The Morgan fingerprint density at radius 3 is 2.52 bits per heavy atom. The van der Waals surface area contributed by atoms with E-state index in [0.717, 1.165) is 0 Å². The first-order chi connectivity index (χ1) is 13.8. The number of nitrogens with zero attached hydrogens (tertiary/aromatic N) is 3. The van der Waals surface area contributed by atoms with Crippen molar-refractivity contribution in [1.29, 1.82) is 0 Å². The van der Waals surface area contributed by atoms with Crippen molar-refractivity contribution >= 4 is 28.6 Å². The summed E-state index contributed by atoms with van der Waals surface area (Å²) in [6.07, 6.45) is 0. The van der Waals surface area contributed by atoms with Gasteiger partial charge in [-0.2, -0.15) is 0 Å². The number of benzene rings is 2. The molecule has 0 saturated carbocycles. The van der Waals surface area contributed by atoms with Crippen LogP contribution in [0.25, 0.3) is 16.6 Å². The number of methoxy groups -OCH3 is 1. The summed E-state index contributed by atoms with van der Waals surface area (Å²) < 4.78 is 6.89. The van der Waals surface area contributed by atoms with Crippen LogP contribution < -0.4 is 10.3 Å². The Kier molecular flexibility index (Phi) is 6.27. The zero-order valence-corrected chi connectivity index (χ0v) is 18.1. The summed E-state index contributed by atoms with van der Waals surface area (Å²) in [4.78, 5) is 32.5. The molecule has 3 aromatic rings. The number of aromatic nitrogens is 2. The third-order valence-corrected chi connectivity index (χ3v) is 6.06. The summed E-state index contributed by atoms with van der Waals surface area (Å²) in [5, 5.41) is 0.644. The van der Waals surface area contributed by atoms with E-state index in [4.69, 9.17) is 9.72 Å². The van der Waals surface area contributed by atoms with Crippen LogP contribution in [0.2, 0.25) is 0 Å². The van der Waals surface area contributed by atoms with Crippen LogP contribution in [0.5, 0.6) is 5.75 Å². The van der Waals surface area contributed by atoms with Crippen molar-refractivity contribution < 1.29 is 9.53 Å². The predicted octanol–water partition coefficient (Wildman–Crippen LogP) is 3.60. The van der Waals surface area contributed by atoms with Gasteiger partial charge >= 0.3 is 0 Å². The number of para-hydroxylation sites is 1. The molecule has 1 heterocycles. The van der Waals surface area contributed by atoms with Gasteiger partial charge in [0.2, 0.25) is 5.91 Å². The van der Waals surface area contributed by atoms with Gasteiger partial charge in [0.1, 0.15) is 5.75 Å². The fraction of sp³-hybridized carbons (Fsp3) is 0.318. The van der Waals surface area contributed by atoms with Crippen molar-refractivity contribution in [3.8, 4) is 11.4 Å². The molecule has 0 aliphatic rings. The van der Waals surface area contributed by atoms with E-state index in [1.165, 1.54) is 11.8 Å². The lowest BCUT2D eigenvalue weighted by atomic mass is 10.1. The monoisotopic (exact) mass is 411 g/mol. The van der Waals surface area contributed by atoms with Crippen LogP contribution >= 0.6 is 11.8 Å². The molecule has 1 atom stereocenters. The molecule has 0 saturated heterocycles. The third kappa shape index (κ3) is 4.29. The number of carbonyl (C=O) groups is 1. The SMILES string of the molecule is COc1cccc(-n2c(SC(C(=O)N(C)C)C(C)C)nc3ccccc3c2=O)c1. The number of rotatable bonds is 6. The van der Waals surface area contributed by atoms with Crippen LogP contribution in [0.15, 0.2) is 58.5 Å². The normalized spacial score (nSPS) is 12.2. The molecule has 1 aromatic heterocycles. The molecule has 0 spiro atoms. The number of carbonyl (C=O) groups excluding carboxylic acids is 1. The zero-order valence-electron chi connectivity index (χ0n) is 17.2. The minimum atomic E-state index is -0.366. The zero-order chi connectivity index (χ0) is 21.1. The number of thioether (sulfide) groups is 1. The van der Waals surface area contributed by atoms with Gasteiger partial charge in [0.05, 0.1) is 29.0 Å². The topological polar surface area (TPSA) is 64.4 Å². The van der Waals surface area contributed by atoms with E-state index in [0.29, 0.717) is 27.5 Å². The molecular formula is C22H25N3O3S. The van der Waals surface area contributed by atoms with Crippen molar-refractivity contribution in [3.05, 3.63) is 58.9 Å². The first kappa shape index (κ1) is 20.9. The second-order valence-corrected chi connectivity index (χ2v) is 8.38. The maximum absolute atomic E-state index is 13.4. The van der Waals surface area contributed by atoms with E-state index < -0.39 is 0 Å². The molecule has 0 aliphatic carbocycles. The van der Waals surface area contributed by atoms with Crippen molar-refractivity contribution in [3.63, 3.8) is 0 Å². The van der Waals surface area contributed by atoms with Crippen molar-refractivity contribution in [2.24, 2.45) is 5.92 Å². The van der Waals surface area contributed by atoms with Crippen LogP contribution in [-0.4, -0.2) is 46.8 Å². The van der Waals surface area contributed by atoms with Crippen LogP contribution in [-0.2, 0) is 4.79 Å². The maximum Gasteiger partial charge on any atom is 0.266 e. The predicted molar refractivity (Wildman–Crippen MR) is 117 cm³/mol. The highest BCUT2D eigenvalue weighted by molar-refractivity contribution is 8.00. The largest absolute Gasteiger partial charge is 0.497 e. The van der Waals surface area contributed by atoms with Gasteiger partial charge < -0.3 is 9.64 Å². The van der Waals surface area contributed by atoms with E-state index in [2.05, 4.69) is 0 Å². The second kappa shape index (κ2) is 8.69. The molecule has 3 rings (SSSR count). The average Bonchev–Trinajstić information content (AvgIpc) is 2.71. The number of hydrogen-bond donors (Lipinski definition) is 0. The summed E-state index contributed by atoms with van der Waals surface area (Å²) in [5.41, 5.74) is 1.08. The van der Waals surface area contributed by atoms with Gasteiger partial charge in [-0.05, 0) is 30.2 Å². The molecule has 0 aliphatic heterocycles. The van der Waals surface area contributed by atoms with Crippen LogP contribution in [0.3, 0.4) is 0 Å². The molecule has 7 heteroatoms. The van der Waals surface area contributed by atoms with Crippen LogP contribution in [0, 0.1) is 5.92 Å². The van der Waals surface area contributed by atoms with Gasteiger partial charge in [-0.15, -0.1) is 0 Å². The van der Waals surface area contributed by atoms with E-state index in [1.807, 2.05) is 50.2 Å². The third-order valence-electron chi connectivity index (χ3n) is 4.58. The Hall–Kier alpha value is -2.80. The molecule has 6 nitrogen and oxygen atoms in total.